The van der Waals surface area contributed by atoms with Gasteiger partial charge in [0.25, 0.3) is 23.6 Å². The highest BCUT2D eigenvalue weighted by atomic mass is 28.4. The zero-order valence-electron chi connectivity index (χ0n) is 83.2. The first-order valence-corrected chi connectivity index (χ1v) is 57.4. The van der Waals surface area contributed by atoms with Crippen LogP contribution < -0.4 is 11.1 Å². The minimum absolute atomic E-state index is 0.000673. The first kappa shape index (κ1) is 111. The van der Waals surface area contributed by atoms with Gasteiger partial charge in [0.2, 0.25) is 5.91 Å². The number of amides is 5. The molecule has 136 heavy (non-hydrogen) atoms. The number of aryl methyl sites for hydroxylation is 4. The van der Waals surface area contributed by atoms with E-state index in [0.29, 0.717) is 74.4 Å². The van der Waals surface area contributed by atoms with E-state index in [1.54, 1.807) is 81.5 Å². The van der Waals surface area contributed by atoms with Gasteiger partial charge in [0.15, 0.2) is 56.4 Å². The van der Waals surface area contributed by atoms with Crippen LogP contribution in [0.4, 0.5) is 4.39 Å². The van der Waals surface area contributed by atoms with Crippen LogP contribution in [0.25, 0.3) is 72.4 Å². The zero-order valence-corrected chi connectivity index (χ0v) is 87.2. The molecular weight excluding hydrogens is 1790 g/mol. The first-order chi connectivity index (χ1) is 63.7. The average molecular weight is 1930 g/mol. The lowest BCUT2D eigenvalue weighted by molar-refractivity contribution is -0.136. The van der Waals surface area contributed by atoms with Gasteiger partial charge in [0.05, 0.1) is 42.5 Å². The number of aliphatic hydroxyl groups excluding tert-OH is 2. The third-order valence-electron chi connectivity index (χ3n) is 25.4. The number of nitriles is 2. The van der Waals surface area contributed by atoms with Gasteiger partial charge in [0.1, 0.15) is 34.1 Å². The third kappa shape index (κ3) is 29.8. The van der Waals surface area contributed by atoms with Crippen molar-refractivity contribution in [2.75, 3.05) is 33.5 Å². The summed E-state index contributed by atoms with van der Waals surface area (Å²) >= 11 is 0. The summed E-state index contributed by atoms with van der Waals surface area (Å²) in [6.07, 6.45) is 24.9. The highest BCUT2D eigenvalue weighted by Gasteiger charge is 2.42. The standard InChI is InChI=1S/C21H29N3O4Si.C20H27N3O4Si.C18H29N3O2Si.C18H27N3OSi.C9H7N3.C8H8BFO2.C6H10O2/c1-21(2,3)29(5,6)28-12-8-11-24-13-15(14-9-7-10-22-18(14)24)16-17(25)20(27)23(4)19(16)26;1-20(2,3)28(4,5)27-11-7-10-23-12-14(13-8-6-9-21-17(13)23)15-16(24)19(26)22-18(15)25;1-18(2,3)24(4,5)23-11-7-10-21-13-14(12-16(19)22)15-8-6-9-20-17(15)21;1-18(2,3)23(4,5)22-13-7-12-21-14-15(9-10-19)16-8-6-11-20-17(16)21;10-4-3-7-6-12-9-8(7)2-1-5-11-9;10-8-3-1-7(2-4-8)5-6-9(11)12;1-3-5(7)6(8)4-2/h7,9-10,13,25H,8,11-12H2,1-6H3;6,8-9,12H,7,10-11H2,1-5H3,(H2,22,24,25,26);6,8-9,13H,7,10-12H2,1-5H3,(H2,19,22);6,8,11,14H,7,9,12-13H2,1-5H3;1-2,5-6H,3H2,(H,11,12);1-6,11-12H;3-4H2,1-2H3/b;;;;;6-5-;. The SMILES string of the molecule is CC(C)(C)[Si](C)(C)OCCCn1cc(C2=C(O)C(=O)NC2=O)c2cccnc21.CC(C)(C)[Si](C)(C)OCCCn1cc(CC#N)c2cccnc21.CC(C)(C)[Si](C)(C)OCCCn1cc(CC(N)=O)c2cccnc21.CCC(=O)C(=O)CC.CN1C(=O)C(O)=C(c2cn(CCCO[Si](C)(C)C(C)(C)C)c3ncccc23)C1=O.N#CCc1c[nH]c2ncccc12.OB(O)/C=C\c1ccc(F)cc1. The predicted molar refractivity (Wildman–Crippen MR) is 544 cm³/mol. The Labute approximate surface area is 802 Å². The van der Waals surface area contributed by atoms with Crippen LogP contribution in [0.2, 0.25) is 72.5 Å². The molecule has 2 aliphatic heterocycles. The molecule has 13 rings (SSSR count). The molecule has 30 nitrogen and oxygen atoms in total. The fraction of sp³-hybridized carbons (Fsp3) is 0.440. The molecule has 728 valence electrons. The lowest BCUT2D eigenvalue weighted by atomic mass is 9.91. The molecule has 0 aliphatic carbocycles. The number of primary amides is 1. The molecular formula is C100H137BFN15O15Si4. The second-order valence-corrected chi connectivity index (χ2v) is 58.6. The first-order valence-electron chi connectivity index (χ1n) is 45.8. The molecule has 2 aliphatic rings. The highest BCUT2D eigenvalue weighted by molar-refractivity contribution is 6.75. The van der Waals surface area contributed by atoms with E-state index in [0.717, 1.165) is 123 Å². The summed E-state index contributed by atoms with van der Waals surface area (Å²) in [7, 11) is -7.06. The quantitative estimate of drug-likeness (QED) is 0.00918. The number of nitrogens with one attached hydrogen (secondary N) is 2. The Kier molecular flexibility index (Phi) is 39.9. The van der Waals surface area contributed by atoms with Crippen molar-refractivity contribution in [2.24, 2.45) is 5.73 Å². The molecule has 0 spiro atoms. The van der Waals surface area contributed by atoms with Gasteiger partial charge in [0, 0.05) is 173 Å². The van der Waals surface area contributed by atoms with Crippen LogP contribution in [-0.4, -0.2) is 188 Å². The van der Waals surface area contributed by atoms with Crippen molar-refractivity contribution in [2.45, 2.75) is 253 Å². The molecule has 0 bridgehead atoms. The molecule has 0 unspecified atom stereocenters. The molecule has 0 saturated carbocycles. The minimum Gasteiger partial charge on any atom is -0.502 e. The maximum atomic E-state index is 12.5. The second kappa shape index (κ2) is 48.8. The van der Waals surface area contributed by atoms with Gasteiger partial charge in [-0.3, -0.25) is 43.8 Å². The number of aromatic nitrogens is 10. The molecule has 8 N–H and O–H groups in total. The van der Waals surface area contributed by atoms with Crippen LogP contribution in [0.5, 0.6) is 0 Å². The molecule has 10 aromatic heterocycles. The number of H-pyrrole nitrogens is 1. The van der Waals surface area contributed by atoms with Crippen molar-refractivity contribution in [1.82, 2.24) is 58.4 Å². The van der Waals surface area contributed by atoms with E-state index < -0.39 is 75.5 Å². The molecule has 0 fully saturated rings. The Morgan fingerprint density at radius 1 is 0.485 bits per heavy atom. The van der Waals surface area contributed by atoms with Crippen LogP contribution in [-0.2, 0) is 96.7 Å². The minimum atomic E-state index is -1.80. The van der Waals surface area contributed by atoms with E-state index in [1.165, 1.54) is 31.2 Å². The number of rotatable bonds is 31. The summed E-state index contributed by atoms with van der Waals surface area (Å²) < 4.78 is 45.4. The Balaban J connectivity index is 0.000000224. The van der Waals surface area contributed by atoms with Gasteiger partial charge in [-0.2, -0.15) is 10.5 Å². The van der Waals surface area contributed by atoms with Gasteiger partial charge >= 0.3 is 7.12 Å². The largest absolute Gasteiger partial charge is 0.502 e. The zero-order chi connectivity index (χ0) is 101. The number of benzene rings is 1. The fourth-order valence-corrected chi connectivity index (χ4v) is 17.7. The Hall–Kier alpha value is -11.8. The monoisotopic (exact) mass is 1930 g/mol. The number of fused-ring (bicyclic) bond motifs is 5. The molecule has 36 heteroatoms. The van der Waals surface area contributed by atoms with Crippen molar-refractivity contribution in [3.8, 4) is 12.1 Å². The highest BCUT2D eigenvalue weighted by Crippen LogP contribution is 2.41. The maximum absolute atomic E-state index is 12.5. The normalized spacial score (nSPS) is 13.3. The number of halogens is 1. The molecule has 0 radical (unpaired) electrons. The number of nitrogens with two attached hydrogens (primary N) is 1. The number of carbonyl (C=O) groups excluding carboxylic acids is 7. The van der Waals surface area contributed by atoms with E-state index in [-0.39, 0.29) is 61.0 Å². The van der Waals surface area contributed by atoms with Crippen molar-refractivity contribution in [1.29, 1.82) is 10.5 Å². The summed E-state index contributed by atoms with van der Waals surface area (Å²) in [6, 6.07) is 29.0. The van der Waals surface area contributed by atoms with Crippen LogP contribution in [0.15, 0.2) is 164 Å². The van der Waals surface area contributed by atoms with Gasteiger partial charge in [-0.1, -0.05) is 121 Å². The van der Waals surface area contributed by atoms with Crippen LogP contribution in [0.3, 0.4) is 0 Å². The average Bonchev–Trinajstić information content (AvgIpc) is 1.59. The lowest BCUT2D eigenvalue weighted by Gasteiger charge is -2.36. The second-order valence-electron chi connectivity index (χ2n) is 39.3. The molecule has 1 aromatic carbocycles. The van der Waals surface area contributed by atoms with E-state index in [4.69, 9.17) is 44.0 Å². The van der Waals surface area contributed by atoms with Crippen molar-refractivity contribution in [3.05, 3.63) is 204 Å². The summed E-state index contributed by atoms with van der Waals surface area (Å²) in [4.78, 5) is 106. The van der Waals surface area contributed by atoms with Crippen molar-refractivity contribution >= 4 is 154 Å². The summed E-state index contributed by atoms with van der Waals surface area (Å²) in [6.45, 7) is 54.0. The lowest BCUT2D eigenvalue weighted by Crippen LogP contribution is -2.41. The summed E-state index contributed by atoms with van der Waals surface area (Å²) in [5, 5.41) is 62.2. The van der Waals surface area contributed by atoms with Crippen LogP contribution >= 0.6 is 0 Å². The number of hydrogen-bond acceptors (Lipinski definition) is 22. The number of ketones is 2. The van der Waals surface area contributed by atoms with E-state index in [1.807, 2.05) is 70.1 Å². The number of carbonyl (C=O) groups is 7. The Morgan fingerprint density at radius 2 is 0.838 bits per heavy atom. The number of aliphatic hydroxyl groups is 2. The predicted octanol–water partition coefficient (Wildman–Crippen LogP) is 18.5. The Morgan fingerprint density at radius 3 is 1.19 bits per heavy atom. The van der Waals surface area contributed by atoms with E-state index in [2.05, 4.69) is 198 Å². The van der Waals surface area contributed by atoms with Crippen LogP contribution in [0, 0.1) is 28.5 Å². The third-order valence-corrected chi connectivity index (χ3v) is 43.5. The van der Waals surface area contributed by atoms with Gasteiger partial charge in [-0.05, 0) is 193 Å². The Bertz CT molecular complexity index is 6170. The molecule has 0 saturated heterocycles. The molecule has 12 heterocycles. The number of pyridine rings is 5. The van der Waals surface area contributed by atoms with Crippen molar-refractivity contribution < 1.29 is 75.9 Å². The van der Waals surface area contributed by atoms with Crippen molar-refractivity contribution in [3.63, 3.8) is 0 Å². The maximum Gasteiger partial charge on any atom is 0.480 e. The van der Waals surface area contributed by atoms with Gasteiger partial charge in [-0.15, -0.1) is 0 Å². The van der Waals surface area contributed by atoms with E-state index >= 15 is 0 Å². The van der Waals surface area contributed by atoms with Crippen LogP contribution in [0.1, 0.15) is 169 Å². The molecule has 0 atom stereocenters. The fourth-order valence-electron chi connectivity index (χ4n) is 13.4. The molecule has 5 amide bonds. The molecule has 11 aromatic rings. The summed E-state index contributed by atoms with van der Waals surface area (Å²) in [5.41, 5.74) is 14.3. The smallest absolute Gasteiger partial charge is 0.480 e. The number of imide groups is 2. The number of likely N-dealkylation sites (N-methyl/N-ethyl adjacent to an activating group) is 1. The number of Topliss-reactive ketones (excluding diaryl/α,β-unsaturated/α-hetero) is 2. The summed E-state index contributed by atoms with van der Waals surface area (Å²) in [5.74, 6) is -3.55. The van der Waals surface area contributed by atoms with Gasteiger partial charge in [-0.25, -0.2) is 29.3 Å². The topological polar surface area (TPSA) is 426 Å². The van der Waals surface area contributed by atoms with Gasteiger partial charge < -0.3 is 67.0 Å². The van der Waals surface area contributed by atoms with E-state index in [9.17, 15) is 48.2 Å². The number of nitrogens with zero attached hydrogens (tertiary/aromatic N) is 12. The number of aromatic amines is 1. The number of hydrogen-bond donors (Lipinski definition) is 7.